The summed E-state index contributed by atoms with van der Waals surface area (Å²) >= 11 is 0. The highest BCUT2D eigenvalue weighted by atomic mass is 16.8. The second-order valence-corrected chi connectivity index (χ2v) is 14.1. The van der Waals surface area contributed by atoms with Gasteiger partial charge in [-0.2, -0.15) is 0 Å². The van der Waals surface area contributed by atoms with Gasteiger partial charge in [-0.25, -0.2) is 4.79 Å². The summed E-state index contributed by atoms with van der Waals surface area (Å²) in [5, 5.41) is 24.6. The van der Waals surface area contributed by atoms with E-state index in [4.69, 9.17) is 23.7 Å². The van der Waals surface area contributed by atoms with Crippen LogP contribution in [0.1, 0.15) is 85.0 Å². The van der Waals surface area contributed by atoms with Crippen LogP contribution in [0.3, 0.4) is 0 Å². The molecule has 4 saturated carbocycles. The lowest BCUT2D eigenvalue weighted by Gasteiger charge is -2.65. The van der Waals surface area contributed by atoms with E-state index in [-0.39, 0.29) is 59.8 Å². The average molecular weight is 561 g/mol. The topological polar surface area (TPSA) is 121 Å². The second kappa shape index (κ2) is 9.32. The molecule has 0 amide bonds. The molecular formula is C31H44O9. The molecule has 0 radical (unpaired) electrons. The summed E-state index contributed by atoms with van der Waals surface area (Å²) in [5.41, 5.74) is -2.42. The van der Waals surface area contributed by atoms with E-state index >= 15 is 0 Å². The summed E-state index contributed by atoms with van der Waals surface area (Å²) in [6.07, 6.45) is 7.67. The predicted molar refractivity (Wildman–Crippen MR) is 141 cm³/mol. The van der Waals surface area contributed by atoms with Crippen molar-refractivity contribution >= 4 is 12.3 Å². The first kappa shape index (κ1) is 27.5. The van der Waals surface area contributed by atoms with Crippen LogP contribution in [0.2, 0.25) is 0 Å². The fourth-order valence-electron chi connectivity index (χ4n) is 10.6. The standard InChI is InChI=1S/C31H44O9/c1-17-27-24(38-18(2)39-27)13-26(37-17)40-20-4-9-29(16-32)22-5-8-28(3)21(19-12-25(33)36-15-19)7-11-31(28,35)23(22)6-10-30(29,34)14-20/h12,16-18,20-24,26-27,34-35H,4-11,13-15H2,1-3H3/t17?,18?,20?,21-,22-,23?,24?,26?,27?,28+,29-,30?,31?/m0/s1. The van der Waals surface area contributed by atoms with E-state index in [1.165, 1.54) is 0 Å². The van der Waals surface area contributed by atoms with E-state index in [1.807, 2.05) is 13.8 Å². The molecule has 0 aromatic heterocycles. The molecule has 40 heavy (non-hydrogen) atoms. The third-order valence-electron chi connectivity index (χ3n) is 12.5. The Morgan fingerprint density at radius 1 is 1.00 bits per heavy atom. The maximum Gasteiger partial charge on any atom is 0.331 e. The van der Waals surface area contributed by atoms with E-state index in [9.17, 15) is 19.8 Å². The minimum atomic E-state index is -1.18. The first-order valence-corrected chi connectivity index (χ1v) is 15.4. The van der Waals surface area contributed by atoms with Gasteiger partial charge in [0.2, 0.25) is 0 Å². The monoisotopic (exact) mass is 560 g/mol. The number of carbonyl (C=O) groups is 2. The predicted octanol–water partition coefficient (Wildman–Crippen LogP) is 3.19. The van der Waals surface area contributed by atoms with Crippen LogP contribution in [0.25, 0.3) is 0 Å². The van der Waals surface area contributed by atoms with Crippen LogP contribution >= 0.6 is 0 Å². The zero-order valence-electron chi connectivity index (χ0n) is 23.9. The van der Waals surface area contributed by atoms with Gasteiger partial charge in [0.15, 0.2) is 12.6 Å². The molecule has 2 N–H and O–H groups in total. The third kappa shape index (κ3) is 3.73. The Labute approximate surface area is 235 Å². The van der Waals surface area contributed by atoms with Crippen LogP contribution in [0.5, 0.6) is 0 Å². The quantitative estimate of drug-likeness (QED) is 0.303. The Kier molecular flexibility index (Phi) is 6.40. The number of hydrogen-bond acceptors (Lipinski definition) is 9. The summed E-state index contributed by atoms with van der Waals surface area (Å²) in [7, 11) is 0. The fraction of sp³-hybridized carbons (Fsp3) is 0.871. The molecular weight excluding hydrogens is 516 g/mol. The smallest absolute Gasteiger partial charge is 0.331 e. The fourth-order valence-corrected chi connectivity index (χ4v) is 10.6. The lowest BCUT2D eigenvalue weighted by atomic mass is 9.41. The molecule has 7 rings (SSSR count). The van der Waals surface area contributed by atoms with Gasteiger partial charge in [-0.05, 0) is 88.5 Å². The van der Waals surface area contributed by atoms with Gasteiger partial charge in [-0.1, -0.05) is 6.92 Å². The molecule has 0 spiro atoms. The van der Waals surface area contributed by atoms with Gasteiger partial charge in [0, 0.05) is 24.3 Å². The van der Waals surface area contributed by atoms with Crippen LogP contribution in [-0.2, 0) is 33.3 Å². The SMILES string of the molecule is CC1OC2CC(OC3CC[C@]4(C=O)[C@H]5CC[C@]6(C)[C@H](C7=CC(=O)OC7)CCC6(O)C5CCC4(O)C3)OC(C)C2O1. The first-order chi connectivity index (χ1) is 19.0. The highest BCUT2D eigenvalue weighted by Crippen LogP contribution is 2.70. The normalized spacial score (nSPS) is 55.5. The van der Waals surface area contributed by atoms with Crippen molar-refractivity contribution < 1.29 is 43.5 Å². The van der Waals surface area contributed by atoms with E-state index in [0.29, 0.717) is 51.6 Å². The number of aliphatic hydroxyl groups is 2. The number of cyclic esters (lactones) is 1. The summed E-state index contributed by atoms with van der Waals surface area (Å²) < 4.78 is 29.6. The maximum atomic E-state index is 13.1. The van der Waals surface area contributed by atoms with Crippen molar-refractivity contribution in [3.63, 3.8) is 0 Å². The van der Waals surface area contributed by atoms with Gasteiger partial charge in [0.1, 0.15) is 19.0 Å². The van der Waals surface area contributed by atoms with Crippen molar-refractivity contribution in [1.29, 1.82) is 0 Å². The Balaban J connectivity index is 1.09. The van der Waals surface area contributed by atoms with Gasteiger partial charge >= 0.3 is 5.97 Å². The number of aldehydes is 1. The molecule has 13 atom stereocenters. The summed E-state index contributed by atoms with van der Waals surface area (Å²) in [4.78, 5) is 24.9. The third-order valence-corrected chi connectivity index (χ3v) is 12.5. The molecule has 4 aliphatic carbocycles. The number of ether oxygens (including phenoxy) is 5. The molecule has 0 bridgehead atoms. The van der Waals surface area contributed by atoms with Crippen molar-refractivity contribution in [2.75, 3.05) is 6.61 Å². The highest BCUT2D eigenvalue weighted by molar-refractivity contribution is 5.85. The Bertz CT molecular complexity index is 1090. The van der Waals surface area contributed by atoms with Crippen LogP contribution in [0.4, 0.5) is 0 Å². The number of rotatable bonds is 4. The molecule has 9 unspecified atom stereocenters. The maximum absolute atomic E-state index is 13.1. The van der Waals surface area contributed by atoms with E-state index in [2.05, 4.69) is 6.92 Å². The molecule has 9 heteroatoms. The van der Waals surface area contributed by atoms with Crippen molar-refractivity contribution in [1.82, 2.24) is 0 Å². The van der Waals surface area contributed by atoms with Crippen LogP contribution < -0.4 is 0 Å². The molecule has 3 aliphatic heterocycles. The number of esters is 1. The zero-order valence-corrected chi connectivity index (χ0v) is 23.9. The summed E-state index contributed by atoms with van der Waals surface area (Å²) in [6, 6.07) is 0. The number of fused-ring (bicyclic) bond motifs is 6. The van der Waals surface area contributed by atoms with Crippen molar-refractivity contribution in [2.45, 2.75) is 133 Å². The van der Waals surface area contributed by atoms with E-state index in [1.54, 1.807) is 6.08 Å². The Morgan fingerprint density at radius 2 is 1.80 bits per heavy atom. The van der Waals surface area contributed by atoms with Crippen LogP contribution in [0.15, 0.2) is 11.6 Å². The number of carbonyl (C=O) groups excluding carboxylic acids is 2. The molecule has 9 nitrogen and oxygen atoms in total. The Hall–Kier alpha value is -1.36. The average Bonchev–Trinajstić information content (AvgIpc) is 3.58. The van der Waals surface area contributed by atoms with Gasteiger partial charge in [0.25, 0.3) is 0 Å². The second-order valence-electron chi connectivity index (χ2n) is 14.1. The molecule has 6 fully saturated rings. The summed E-state index contributed by atoms with van der Waals surface area (Å²) in [5.74, 6) is -0.361. The molecule has 222 valence electrons. The highest BCUT2D eigenvalue weighted by Gasteiger charge is 2.71. The molecule has 3 heterocycles. The lowest BCUT2D eigenvalue weighted by Crippen LogP contribution is -2.69. The summed E-state index contributed by atoms with van der Waals surface area (Å²) in [6.45, 7) is 6.35. The first-order valence-electron chi connectivity index (χ1n) is 15.4. The largest absolute Gasteiger partial charge is 0.458 e. The van der Waals surface area contributed by atoms with Gasteiger partial charge in [-0.3, -0.25) is 0 Å². The van der Waals surface area contributed by atoms with Gasteiger partial charge in [0.05, 0.1) is 34.9 Å². The molecule has 7 aliphatic rings. The van der Waals surface area contributed by atoms with Crippen molar-refractivity contribution in [2.24, 2.45) is 28.6 Å². The molecule has 2 saturated heterocycles. The van der Waals surface area contributed by atoms with E-state index in [0.717, 1.165) is 31.1 Å². The van der Waals surface area contributed by atoms with Crippen LogP contribution in [-0.4, -0.2) is 77.3 Å². The Morgan fingerprint density at radius 3 is 2.55 bits per heavy atom. The lowest BCUT2D eigenvalue weighted by molar-refractivity contribution is -0.278. The molecule has 0 aromatic rings. The minimum Gasteiger partial charge on any atom is -0.458 e. The van der Waals surface area contributed by atoms with E-state index < -0.39 is 22.9 Å². The van der Waals surface area contributed by atoms with Crippen LogP contribution in [0, 0.1) is 28.6 Å². The van der Waals surface area contributed by atoms with Gasteiger partial charge < -0.3 is 38.7 Å². The number of hydrogen-bond donors (Lipinski definition) is 2. The molecule has 0 aromatic carbocycles. The minimum absolute atomic E-state index is 0.0706. The zero-order chi connectivity index (χ0) is 28.1. The van der Waals surface area contributed by atoms with Crippen molar-refractivity contribution in [3.05, 3.63) is 11.6 Å². The van der Waals surface area contributed by atoms with Crippen molar-refractivity contribution in [3.8, 4) is 0 Å². The van der Waals surface area contributed by atoms with Gasteiger partial charge in [-0.15, -0.1) is 0 Å².